The van der Waals surface area contributed by atoms with Crippen LogP contribution in [0.1, 0.15) is 56.4 Å². The van der Waals surface area contributed by atoms with Crippen molar-refractivity contribution in [1.82, 2.24) is 10.0 Å². The van der Waals surface area contributed by atoms with E-state index in [-0.39, 0.29) is 12.4 Å². The van der Waals surface area contributed by atoms with Crippen LogP contribution < -0.4 is 10.0 Å². The second kappa shape index (κ2) is 9.18. The summed E-state index contributed by atoms with van der Waals surface area (Å²) in [6.45, 7) is 2.59. The Hall–Kier alpha value is -0.620. The molecule has 2 N–H and O–H groups in total. The van der Waals surface area contributed by atoms with E-state index < -0.39 is 10.0 Å². The Morgan fingerprint density at radius 2 is 1.75 bits per heavy atom. The fraction of sp³-hybridized carbons (Fsp3) is 0.667. The summed E-state index contributed by atoms with van der Waals surface area (Å²) < 4.78 is 27.5. The fourth-order valence-electron chi connectivity index (χ4n) is 3.80. The molecule has 1 aliphatic carbocycles. The van der Waals surface area contributed by atoms with Crippen LogP contribution in [0.15, 0.2) is 29.2 Å². The van der Waals surface area contributed by atoms with Crippen LogP contribution >= 0.6 is 12.4 Å². The maximum Gasteiger partial charge on any atom is 0.240 e. The summed E-state index contributed by atoms with van der Waals surface area (Å²) >= 11 is 0. The van der Waals surface area contributed by atoms with Crippen molar-refractivity contribution in [2.75, 3.05) is 19.6 Å². The summed E-state index contributed by atoms with van der Waals surface area (Å²) in [5.41, 5.74) is 1.29. The monoisotopic (exact) mass is 372 g/mol. The van der Waals surface area contributed by atoms with Gasteiger partial charge in [-0.1, -0.05) is 31.4 Å². The lowest BCUT2D eigenvalue weighted by atomic mass is 9.84. The summed E-state index contributed by atoms with van der Waals surface area (Å²) in [4.78, 5) is 0.390. The molecule has 1 atom stereocenters. The first kappa shape index (κ1) is 19.7. The fourth-order valence-corrected chi connectivity index (χ4v) is 4.84. The molecule has 0 aromatic heterocycles. The van der Waals surface area contributed by atoms with E-state index in [0.29, 0.717) is 23.3 Å². The summed E-state index contributed by atoms with van der Waals surface area (Å²) in [5, 5.41) is 3.31. The second-order valence-corrected chi connectivity index (χ2v) is 8.72. The predicted octanol–water partition coefficient (Wildman–Crippen LogP) is 3.43. The van der Waals surface area contributed by atoms with Crippen molar-refractivity contribution in [3.63, 3.8) is 0 Å². The van der Waals surface area contributed by atoms with E-state index in [1.54, 1.807) is 12.1 Å². The minimum Gasteiger partial charge on any atom is -0.316 e. The SMILES string of the molecule is Cl.O=S(=O)(NCCC1CCNC1)c1ccc(C2CCCCC2)cc1. The third kappa shape index (κ3) is 5.19. The molecule has 1 unspecified atom stereocenters. The molecule has 1 aliphatic heterocycles. The molecule has 2 fully saturated rings. The third-order valence-corrected chi connectivity index (χ3v) is 6.75. The van der Waals surface area contributed by atoms with Crippen LogP contribution in [0.2, 0.25) is 0 Å². The van der Waals surface area contributed by atoms with Gasteiger partial charge < -0.3 is 5.32 Å². The number of sulfonamides is 1. The van der Waals surface area contributed by atoms with Crippen LogP contribution in [-0.2, 0) is 10.0 Å². The van der Waals surface area contributed by atoms with E-state index in [2.05, 4.69) is 10.0 Å². The molecular formula is C18H29ClN2O2S. The van der Waals surface area contributed by atoms with Crippen molar-refractivity contribution in [2.45, 2.75) is 55.8 Å². The maximum atomic E-state index is 12.4. The molecule has 2 aliphatic rings. The van der Waals surface area contributed by atoms with Crippen molar-refractivity contribution in [2.24, 2.45) is 5.92 Å². The van der Waals surface area contributed by atoms with Crippen LogP contribution in [0, 0.1) is 5.92 Å². The topological polar surface area (TPSA) is 58.2 Å². The van der Waals surface area contributed by atoms with Gasteiger partial charge >= 0.3 is 0 Å². The van der Waals surface area contributed by atoms with Gasteiger partial charge in [0.25, 0.3) is 0 Å². The van der Waals surface area contributed by atoms with Gasteiger partial charge in [-0.2, -0.15) is 0 Å². The van der Waals surface area contributed by atoms with E-state index in [0.717, 1.165) is 25.9 Å². The van der Waals surface area contributed by atoms with E-state index in [4.69, 9.17) is 0 Å². The number of halogens is 1. The van der Waals surface area contributed by atoms with E-state index >= 15 is 0 Å². The average Bonchev–Trinajstić information content (AvgIpc) is 3.09. The highest BCUT2D eigenvalue weighted by Gasteiger charge is 2.19. The smallest absolute Gasteiger partial charge is 0.240 e. The number of hydrogen-bond donors (Lipinski definition) is 2. The molecule has 0 radical (unpaired) electrons. The molecule has 136 valence electrons. The van der Waals surface area contributed by atoms with Gasteiger partial charge in [0.1, 0.15) is 0 Å². The standard InChI is InChI=1S/C18H28N2O2S.ClH/c21-23(22,20-13-11-15-10-12-19-14-15)18-8-6-17(7-9-18)16-4-2-1-3-5-16;/h6-9,15-16,19-20H,1-5,10-14H2;1H. The van der Waals surface area contributed by atoms with Crippen molar-refractivity contribution in [3.05, 3.63) is 29.8 Å². The van der Waals surface area contributed by atoms with E-state index in [9.17, 15) is 8.42 Å². The van der Waals surface area contributed by atoms with Gasteiger partial charge in [0.05, 0.1) is 4.90 Å². The lowest BCUT2D eigenvalue weighted by Gasteiger charge is -2.22. The summed E-state index contributed by atoms with van der Waals surface area (Å²) in [7, 11) is -3.37. The minimum atomic E-state index is -3.37. The molecule has 3 rings (SSSR count). The average molecular weight is 373 g/mol. The summed E-state index contributed by atoms with van der Waals surface area (Å²) in [6, 6.07) is 7.55. The largest absolute Gasteiger partial charge is 0.316 e. The molecule has 4 nitrogen and oxygen atoms in total. The Labute approximate surface area is 152 Å². The van der Waals surface area contributed by atoms with Crippen LogP contribution in [0.25, 0.3) is 0 Å². The molecule has 0 spiro atoms. The minimum absolute atomic E-state index is 0. The first-order valence-corrected chi connectivity index (χ1v) is 10.4. The molecule has 1 heterocycles. The van der Waals surface area contributed by atoms with Gasteiger partial charge in [-0.15, -0.1) is 12.4 Å². The first-order valence-electron chi connectivity index (χ1n) is 8.95. The van der Waals surface area contributed by atoms with Gasteiger partial charge in [0.15, 0.2) is 0 Å². The Morgan fingerprint density at radius 1 is 1.04 bits per heavy atom. The first-order chi connectivity index (χ1) is 11.1. The maximum absolute atomic E-state index is 12.4. The second-order valence-electron chi connectivity index (χ2n) is 6.95. The molecule has 1 saturated carbocycles. The molecule has 1 aromatic rings. The quantitative estimate of drug-likeness (QED) is 0.804. The number of benzene rings is 1. The molecule has 1 aromatic carbocycles. The van der Waals surface area contributed by atoms with Crippen LogP contribution in [0.5, 0.6) is 0 Å². The summed E-state index contributed by atoms with van der Waals surface area (Å²) in [6.07, 6.45) is 8.46. The van der Waals surface area contributed by atoms with E-state index in [1.165, 1.54) is 37.7 Å². The zero-order valence-electron chi connectivity index (χ0n) is 14.2. The van der Waals surface area contributed by atoms with Crippen LogP contribution in [-0.4, -0.2) is 28.1 Å². The van der Waals surface area contributed by atoms with Gasteiger partial charge in [-0.05, 0) is 68.3 Å². The Bertz CT molecular complexity index is 592. The lowest BCUT2D eigenvalue weighted by molar-refractivity contribution is 0.443. The Kier molecular flexibility index (Phi) is 7.54. The highest BCUT2D eigenvalue weighted by Crippen LogP contribution is 2.32. The molecule has 0 bridgehead atoms. The number of hydrogen-bond acceptors (Lipinski definition) is 3. The van der Waals surface area contributed by atoms with Crippen LogP contribution in [0.3, 0.4) is 0 Å². The predicted molar refractivity (Wildman–Crippen MR) is 100 cm³/mol. The summed E-state index contributed by atoms with van der Waals surface area (Å²) in [5.74, 6) is 1.22. The molecule has 0 amide bonds. The van der Waals surface area contributed by atoms with Gasteiger partial charge in [0, 0.05) is 6.54 Å². The van der Waals surface area contributed by atoms with Crippen LogP contribution in [0.4, 0.5) is 0 Å². The van der Waals surface area contributed by atoms with Gasteiger partial charge in [-0.25, -0.2) is 13.1 Å². The third-order valence-electron chi connectivity index (χ3n) is 5.27. The van der Waals surface area contributed by atoms with Crippen molar-refractivity contribution in [3.8, 4) is 0 Å². The number of rotatable bonds is 6. The lowest BCUT2D eigenvalue weighted by Crippen LogP contribution is -2.26. The zero-order valence-corrected chi connectivity index (χ0v) is 15.8. The zero-order chi connectivity index (χ0) is 16.1. The molecule has 1 saturated heterocycles. The van der Waals surface area contributed by atoms with Gasteiger partial charge in [0.2, 0.25) is 10.0 Å². The van der Waals surface area contributed by atoms with E-state index in [1.807, 2.05) is 12.1 Å². The molecule has 24 heavy (non-hydrogen) atoms. The Morgan fingerprint density at radius 3 is 2.38 bits per heavy atom. The highest BCUT2D eigenvalue weighted by atomic mass is 35.5. The number of nitrogens with one attached hydrogen (secondary N) is 2. The van der Waals surface area contributed by atoms with Crippen molar-refractivity contribution < 1.29 is 8.42 Å². The van der Waals surface area contributed by atoms with Crippen molar-refractivity contribution >= 4 is 22.4 Å². The molecular weight excluding hydrogens is 344 g/mol. The molecule has 6 heteroatoms. The normalized spacial score (nSPS) is 22.2. The van der Waals surface area contributed by atoms with Crippen molar-refractivity contribution in [1.29, 1.82) is 0 Å². The Balaban J connectivity index is 0.00000208. The highest BCUT2D eigenvalue weighted by molar-refractivity contribution is 7.89. The van der Waals surface area contributed by atoms with Gasteiger partial charge in [-0.3, -0.25) is 0 Å².